The molecular weight excluding hydrogens is 391 g/mol. The summed E-state index contributed by atoms with van der Waals surface area (Å²) >= 11 is 8.31. The van der Waals surface area contributed by atoms with Crippen molar-refractivity contribution in [3.05, 3.63) is 62.3 Å². The Hall–Kier alpha value is -0.320. The van der Waals surface area contributed by atoms with E-state index in [0.717, 1.165) is 5.56 Å². The van der Waals surface area contributed by atoms with Crippen molar-refractivity contribution in [2.75, 3.05) is 6.26 Å². The van der Waals surface area contributed by atoms with E-state index in [1.807, 2.05) is 6.92 Å². The normalized spacial score (nSPS) is 9.79. The smallest absolute Gasteiger partial charge is 0.137 e. The summed E-state index contributed by atoms with van der Waals surface area (Å²) < 4.78 is 14.2. The van der Waals surface area contributed by atoms with Crippen molar-refractivity contribution in [2.24, 2.45) is 0 Å². The highest BCUT2D eigenvalue weighted by Crippen LogP contribution is 2.25. The second-order valence-electron chi connectivity index (χ2n) is 4.06. The standard InChI is InChI=1S/C8H9BrS.C7H6BrF/c1-6-3-4-8(10-2)7(9)5-6;1-5-2-3-7(9)6(8)4-5/h3-5H,1-2H3;2-4H,1H3. The van der Waals surface area contributed by atoms with Gasteiger partial charge in [-0.05, 0) is 87.4 Å². The molecule has 0 saturated heterocycles. The zero-order valence-electron chi connectivity index (χ0n) is 11.0. The molecule has 0 atom stereocenters. The van der Waals surface area contributed by atoms with Crippen LogP contribution in [0.5, 0.6) is 0 Å². The molecule has 0 aliphatic carbocycles. The molecular formula is C15H15Br2FS. The van der Waals surface area contributed by atoms with Crippen LogP contribution >= 0.6 is 43.6 Å². The fourth-order valence-corrected chi connectivity index (χ4v) is 3.30. The summed E-state index contributed by atoms with van der Waals surface area (Å²) in [6, 6.07) is 11.3. The molecule has 0 spiro atoms. The summed E-state index contributed by atoms with van der Waals surface area (Å²) in [5, 5.41) is 0. The van der Waals surface area contributed by atoms with Crippen molar-refractivity contribution in [1.82, 2.24) is 0 Å². The summed E-state index contributed by atoms with van der Waals surface area (Å²) in [5.41, 5.74) is 2.35. The highest BCUT2D eigenvalue weighted by molar-refractivity contribution is 9.10. The molecule has 0 aliphatic heterocycles. The van der Waals surface area contributed by atoms with Crippen LogP contribution in [0.2, 0.25) is 0 Å². The fourth-order valence-electron chi connectivity index (χ4n) is 1.37. The molecule has 0 aliphatic rings. The first-order chi connectivity index (χ1) is 8.93. The van der Waals surface area contributed by atoms with Gasteiger partial charge < -0.3 is 0 Å². The zero-order valence-corrected chi connectivity index (χ0v) is 15.0. The first kappa shape index (κ1) is 16.7. The molecule has 0 saturated carbocycles. The van der Waals surface area contributed by atoms with Crippen molar-refractivity contribution in [3.63, 3.8) is 0 Å². The number of hydrogen-bond donors (Lipinski definition) is 0. The van der Waals surface area contributed by atoms with Gasteiger partial charge in [0.25, 0.3) is 0 Å². The maximum absolute atomic E-state index is 12.5. The predicted octanol–water partition coefficient (Wildman–Crippen LogP) is 6.38. The van der Waals surface area contributed by atoms with Crippen LogP contribution in [-0.4, -0.2) is 6.26 Å². The number of rotatable bonds is 1. The third-order valence-corrected chi connectivity index (χ3v) is 4.70. The summed E-state index contributed by atoms with van der Waals surface area (Å²) in [7, 11) is 0. The Labute approximate surface area is 135 Å². The second-order valence-corrected chi connectivity index (χ2v) is 6.61. The first-order valence-corrected chi connectivity index (χ1v) is 8.47. The molecule has 0 nitrogen and oxygen atoms in total. The van der Waals surface area contributed by atoms with E-state index in [4.69, 9.17) is 0 Å². The molecule has 0 N–H and O–H groups in total. The lowest BCUT2D eigenvalue weighted by Gasteiger charge is -1.99. The van der Waals surface area contributed by atoms with E-state index in [2.05, 4.69) is 63.2 Å². The molecule has 2 aromatic rings. The second kappa shape index (κ2) is 8.08. The van der Waals surface area contributed by atoms with Crippen molar-refractivity contribution < 1.29 is 4.39 Å². The van der Waals surface area contributed by atoms with Crippen molar-refractivity contribution in [3.8, 4) is 0 Å². The van der Waals surface area contributed by atoms with Gasteiger partial charge in [-0.25, -0.2) is 4.39 Å². The maximum Gasteiger partial charge on any atom is 0.137 e. The Morgan fingerprint density at radius 2 is 1.42 bits per heavy atom. The molecule has 0 unspecified atom stereocenters. The Morgan fingerprint density at radius 1 is 0.895 bits per heavy atom. The van der Waals surface area contributed by atoms with E-state index in [0.29, 0.717) is 4.47 Å². The highest BCUT2D eigenvalue weighted by atomic mass is 79.9. The number of thioether (sulfide) groups is 1. The highest BCUT2D eigenvalue weighted by Gasteiger charge is 1.96. The average molecular weight is 406 g/mol. The van der Waals surface area contributed by atoms with Gasteiger partial charge in [0.1, 0.15) is 5.82 Å². The molecule has 0 radical (unpaired) electrons. The van der Waals surface area contributed by atoms with Crippen molar-refractivity contribution in [2.45, 2.75) is 18.7 Å². The molecule has 0 amide bonds. The van der Waals surface area contributed by atoms with E-state index in [1.165, 1.54) is 21.0 Å². The van der Waals surface area contributed by atoms with Crippen LogP contribution in [0.1, 0.15) is 11.1 Å². The Morgan fingerprint density at radius 3 is 1.84 bits per heavy atom. The minimum Gasteiger partial charge on any atom is -0.206 e. The third kappa shape index (κ3) is 5.67. The summed E-state index contributed by atoms with van der Waals surface area (Å²) in [6.07, 6.45) is 2.08. The molecule has 4 heteroatoms. The lowest BCUT2D eigenvalue weighted by atomic mass is 10.2. The summed E-state index contributed by atoms with van der Waals surface area (Å²) in [5.74, 6) is -0.208. The van der Waals surface area contributed by atoms with E-state index in [-0.39, 0.29) is 5.82 Å². The van der Waals surface area contributed by atoms with Crippen LogP contribution < -0.4 is 0 Å². The van der Waals surface area contributed by atoms with E-state index in [9.17, 15) is 4.39 Å². The maximum atomic E-state index is 12.5. The van der Waals surface area contributed by atoms with Gasteiger partial charge >= 0.3 is 0 Å². The molecule has 19 heavy (non-hydrogen) atoms. The van der Waals surface area contributed by atoms with E-state index < -0.39 is 0 Å². The molecule has 0 fully saturated rings. The minimum atomic E-state index is -0.208. The Bertz CT molecular complexity index is 556. The lowest BCUT2D eigenvalue weighted by molar-refractivity contribution is 0.620. The molecule has 2 aromatic carbocycles. The molecule has 0 bridgehead atoms. The van der Waals surface area contributed by atoms with Crippen LogP contribution in [0.25, 0.3) is 0 Å². The van der Waals surface area contributed by atoms with Gasteiger partial charge in [-0.1, -0.05) is 12.1 Å². The van der Waals surface area contributed by atoms with Crippen LogP contribution in [0.4, 0.5) is 4.39 Å². The minimum absolute atomic E-state index is 0.208. The quantitative estimate of drug-likeness (QED) is 0.496. The van der Waals surface area contributed by atoms with Gasteiger partial charge in [0, 0.05) is 9.37 Å². The largest absolute Gasteiger partial charge is 0.206 e. The van der Waals surface area contributed by atoms with E-state index in [1.54, 1.807) is 23.9 Å². The number of hydrogen-bond acceptors (Lipinski definition) is 1. The summed E-state index contributed by atoms with van der Waals surface area (Å²) in [6.45, 7) is 4.01. The Balaban J connectivity index is 0.000000191. The zero-order chi connectivity index (χ0) is 14.4. The van der Waals surface area contributed by atoms with Gasteiger partial charge in [0.2, 0.25) is 0 Å². The predicted molar refractivity (Wildman–Crippen MR) is 89.5 cm³/mol. The average Bonchev–Trinajstić information content (AvgIpc) is 2.35. The van der Waals surface area contributed by atoms with Gasteiger partial charge in [0.05, 0.1) is 4.47 Å². The van der Waals surface area contributed by atoms with Crippen molar-refractivity contribution in [1.29, 1.82) is 0 Å². The third-order valence-electron chi connectivity index (χ3n) is 2.38. The molecule has 0 heterocycles. The molecule has 102 valence electrons. The van der Waals surface area contributed by atoms with Crippen LogP contribution in [0.3, 0.4) is 0 Å². The fraction of sp³-hybridized carbons (Fsp3) is 0.200. The first-order valence-electron chi connectivity index (χ1n) is 5.66. The molecule has 0 aromatic heterocycles. The Kier molecular flexibility index (Phi) is 7.11. The molecule has 2 rings (SSSR count). The van der Waals surface area contributed by atoms with Gasteiger partial charge in [-0.3, -0.25) is 0 Å². The SMILES string of the molecule is CSc1ccc(C)cc1Br.Cc1ccc(F)c(Br)c1. The van der Waals surface area contributed by atoms with Crippen molar-refractivity contribution >= 4 is 43.6 Å². The van der Waals surface area contributed by atoms with Gasteiger partial charge in [0.15, 0.2) is 0 Å². The number of halogens is 3. The van der Waals surface area contributed by atoms with Gasteiger partial charge in [-0.2, -0.15) is 0 Å². The van der Waals surface area contributed by atoms with Crippen LogP contribution in [-0.2, 0) is 0 Å². The van der Waals surface area contributed by atoms with Gasteiger partial charge in [-0.15, -0.1) is 11.8 Å². The van der Waals surface area contributed by atoms with E-state index >= 15 is 0 Å². The summed E-state index contributed by atoms with van der Waals surface area (Å²) in [4.78, 5) is 1.30. The monoisotopic (exact) mass is 404 g/mol. The van der Waals surface area contributed by atoms with Crippen LogP contribution in [0, 0.1) is 19.7 Å². The number of benzene rings is 2. The number of aryl methyl sites for hydroxylation is 2. The lowest BCUT2D eigenvalue weighted by Crippen LogP contribution is -1.76. The van der Waals surface area contributed by atoms with Crippen LogP contribution in [0.15, 0.2) is 50.2 Å². The topological polar surface area (TPSA) is 0 Å².